The largest absolute Gasteiger partial charge is 0.496 e. The van der Waals surface area contributed by atoms with Crippen LogP contribution in [0.15, 0.2) is 48.5 Å². The fraction of sp³-hybridized carbons (Fsp3) is 0.300. The number of carbonyl (C=O) groups is 2. The van der Waals surface area contributed by atoms with Gasteiger partial charge in [-0.15, -0.1) is 0 Å². The van der Waals surface area contributed by atoms with E-state index >= 15 is 0 Å². The van der Waals surface area contributed by atoms with E-state index in [1.807, 2.05) is 31.2 Å². The molecule has 2 N–H and O–H groups in total. The molecular formula is C20H23NO4. The van der Waals surface area contributed by atoms with Gasteiger partial charge in [0, 0.05) is 6.54 Å². The minimum atomic E-state index is -1.18. The Bertz CT molecular complexity index is 758. The second kappa shape index (κ2) is 7.83. The van der Waals surface area contributed by atoms with Crippen LogP contribution < -0.4 is 10.1 Å². The van der Waals surface area contributed by atoms with E-state index in [0.717, 1.165) is 16.9 Å². The van der Waals surface area contributed by atoms with Crippen molar-refractivity contribution in [2.75, 3.05) is 13.7 Å². The number of nitrogens with one attached hydrogen (secondary N) is 1. The molecule has 1 atom stereocenters. The molecule has 0 saturated carbocycles. The molecule has 2 rings (SSSR count). The molecule has 0 saturated heterocycles. The van der Waals surface area contributed by atoms with Crippen LogP contribution in [-0.2, 0) is 21.4 Å². The molecule has 0 heterocycles. The smallest absolute Gasteiger partial charge is 0.315 e. The van der Waals surface area contributed by atoms with E-state index in [-0.39, 0.29) is 18.9 Å². The molecule has 0 spiro atoms. The van der Waals surface area contributed by atoms with Crippen molar-refractivity contribution in [3.8, 4) is 5.75 Å². The molecule has 25 heavy (non-hydrogen) atoms. The SMILES string of the molecule is COc1cc(CC(=O)NCC(C)(C(=O)O)c2ccccc2)ccc1C. The molecule has 2 aromatic rings. The van der Waals surface area contributed by atoms with Gasteiger partial charge in [0.05, 0.1) is 13.5 Å². The molecule has 5 nitrogen and oxygen atoms in total. The zero-order valence-electron chi connectivity index (χ0n) is 14.7. The summed E-state index contributed by atoms with van der Waals surface area (Å²) in [5.74, 6) is -0.477. The van der Waals surface area contributed by atoms with Gasteiger partial charge in [0.15, 0.2) is 0 Å². The minimum absolute atomic E-state index is 0.0220. The van der Waals surface area contributed by atoms with Crippen LogP contribution in [0, 0.1) is 6.92 Å². The molecule has 0 fully saturated rings. The average molecular weight is 341 g/mol. The van der Waals surface area contributed by atoms with E-state index in [9.17, 15) is 14.7 Å². The first kappa shape index (κ1) is 18.5. The fourth-order valence-corrected chi connectivity index (χ4v) is 2.60. The monoisotopic (exact) mass is 341 g/mol. The van der Waals surface area contributed by atoms with E-state index < -0.39 is 11.4 Å². The first-order valence-corrected chi connectivity index (χ1v) is 8.06. The van der Waals surface area contributed by atoms with Crippen LogP contribution in [0.3, 0.4) is 0 Å². The molecule has 132 valence electrons. The second-order valence-electron chi connectivity index (χ2n) is 6.26. The van der Waals surface area contributed by atoms with Crippen LogP contribution in [0.5, 0.6) is 5.75 Å². The van der Waals surface area contributed by atoms with E-state index in [4.69, 9.17) is 4.74 Å². The Kier molecular flexibility index (Phi) is 5.80. The molecule has 0 aliphatic heterocycles. The Morgan fingerprint density at radius 2 is 1.84 bits per heavy atom. The lowest BCUT2D eigenvalue weighted by molar-refractivity contribution is -0.143. The second-order valence-corrected chi connectivity index (χ2v) is 6.26. The van der Waals surface area contributed by atoms with Crippen molar-refractivity contribution >= 4 is 11.9 Å². The highest BCUT2D eigenvalue weighted by molar-refractivity contribution is 5.84. The molecule has 0 aliphatic rings. The molecule has 2 aromatic carbocycles. The van der Waals surface area contributed by atoms with Gasteiger partial charge in [0.25, 0.3) is 0 Å². The summed E-state index contributed by atoms with van der Waals surface area (Å²) < 4.78 is 5.26. The van der Waals surface area contributed by atoms with E-state index in [0.29, 0.717) is 5.56 Å². The molecule has 1 unspecified atom stereocenters. The van der Waals surface area contributed by atoms with Gasteiger partial charge in [-0.2, -0.15) is 0 Å². The van der Waals surface area contributed by atoms with Crippen LogP contribution >= 0.6 is 0 Å². The van der Waals surface area contributed by atoms with Crippen LogP contribution in [0.25, 0.3) is 0 Å². The van der Waals surface area contributed by atoms with Gasteiger partial charge in [-0.25, -0.2) is 0 Å². The summed E-state index contributed by atoms with van der Waals surface area (Å²) in [6, 6.07) is 14.5. The van der Waals surface area contributed by atoms with Gasteiger partial charge in [-0.05, 0) is 36.6 Å². The first-order chi connectivity index (χ1) is 11.9. The number of carboxylic acids is 1. The maximum atomic E-state index is 12.3. The number of hydrogen-bond donors (Lipinski definition) is 2. The topological polar surface area (TPSA) is 75.6 Å². The zero-order chi connectivity index (χ0) is 18.4. The Morgan fingerprint density at radius 3 is 2.44 bits per heavy atom. The van der Waals surface area contributed by atoms with Crippen molar-refractivity contribution in [1.29, 1.82) is 0 Å². The number of benzene rings is 2. The summed E-state index contributed by atoms with van der Waals surface area (Å²) in [7, 11) is 1.59. The van der Waals surface area contributed by atoms with Crippen molar-refractivity contribution in [2.24, 2.45) is 0 Å². The Morgan fingerprint density at radius 1 is 1.16 bits per heavy atom. The number of methoxy groups -OCH3 is 1. The molecule has 5 heteroatoms. The highest BCUT2D eigenvalue weighted by atomic mass is 16.5. The van der Waals surface area contributed by atoms with Crippen molar-refractivity contribution in [3.05, 3.63) is 65.2 Å². The third kappa shape index (κ3) is 4.38. The van der Waals surface area contributed by atoms with Crippen molar-refractivity contribution in [3.63, 3.8) is 0 Å². The maximum Gasteiger partial charge on any atom is 0.315 e. The number of hydrogen-bond acceptors (Lipinski definition) is 3. The summed E-state index contributed by atoms with van der Waals surface area (Å²) in [6.45, 7) is 3.56. The lowest BCUT2D eigenvalue weighted by Gasteiger charge is -2.25. The van der Waals surface area contributed by atoms with Crippen LogP contribution in [0.4, 0.5) is 0 Å². The summed E-state index contributed by atoms with van der Waals surface area (Å²) >= 11 is 0. The number of aryl methyl sites for hydroxylation is 1. The predicted molar refractivity (Wildman–Crippen MR) is 95.9 cm³/mol. The Labute approximate surface area is 147 Å². The van der Waals surface area contributed by atoms with E-state index in [2.05, 4.69) is 5.32 Å². The van der Waals surface area contributed by atoms with Gasteiger partial charge in [0.1, 0.15) is 11.2 Å². The average Bonchev–Trinajstić information content (AvgIpc) is 2.61. The van der Waals surface area contributed by atoms with E-state index in [1.54, 1.807) is 38.3 Å². The van der Waals surface area contributed by atoms with Crippen molar-refractivity contribution in [2.45, 2.75) is 25.7 Å². The van der Waals surface area contributed by atoms with Gasteiger partial charge in [-0.3, -0.25) is 9.59 Å². The number of amides is 1. The van der Waals surface area contributed by atoms with Crippen molar-refractivity contribution < 1.29 is 19.4 Å². The molecule has 0 radical (unpaired) electrons. The Balaban J connectivity index is 2.06. The summed E-state index contributed by atoms with van der Waals surface area (Å²) in [4.78, 5) is 24.0. The summed E-state index contributed by atoms with van der Waals surface area (Å²) in [6.07, 6.45) is 0.168. The van der Waals surface area contributed by atoms with Crippen LogP contribution in [0.2, 0.25) is 0 Å². The quantitative estimate of drug-likeness (QED) is 0.812. The predicted octanol–water partition coefficient (Wildman–Crippen LogP) is 2.70. The standard InChI is InChI=1S/C20H23NO4/c1-14-9-10-15(11-17(14)25-3)12-18(22)21-13-20(2,19(23)24)16-7-5-4-6-8-16/h4-11H,12-13H2,1-3H3,(H,21,22)(H,23,24). The molecule has 0 aliphatic carbocycles. The third-order valence-electron chi connectivity index (χ3n) is 4.36. The van der Waals surface area contributed by atoms with Gasteiger partial charge in [-0.1, -0.05) is 42.5 Å². The minimum Gasteiger partial charge on any atom is -0.496 e. The number of aliphatic carboxylic acids is 1. The number of carboxylic acid groups (broad SMARTS) is 1. The normalized spacial score (nSPS) is 12.9. The summed E-state index contributed by atoms with van der Waals surface area (Å²) in [5, 5.41) is 12.4. The summed E-state index contributed by atoms with van der Waals surface area (Å²) in [5.41, 5.74) is 1.28. The number of rotatable bonds is 7. The molecule has 1 amide bonds. The molecular weight excluding hydrogens is 318 g/mol. The first-order valence-electron chi connectivity index (χ1n) is 8.06. The molecule has 0 bridgehead atoms. The number of carbonyl (C=O) groups excluding carboxylic acids is 1. The third-order valence-corrected chi connectivity index (χ3v) is 4.36. The highest BCUT2D eigenvalue weighted by Gasteiger charge is 2.35. The van der Waals surface area contributed by atoms with Gasteiger partial charge in [0.2, 0.25) is 5.91 Å². The zero-order valence-corrected chi connectivity index (χ0v) is 14.7. The van der Waals surface area contributed by atoms with E-state index in [1.165, 1.54) is 0 Å². The molecule has 0 aromatic heterocycles. The Hall–Kier alpha value is -2.82. The maximum absolute atomic E-state index is 12.3. The lowest BCUT2D eigenvalue weighted by Crippen LogP contribution is -2.44. The van der Waals surface area contributed by atoms with Gasteiger partial charge >= 0.3 is 5.97 Å². The van der Waals surface area contributed by atoms with Crippen LogP contribution in [0.1, 0.15) is 23.6 Å². The van der Waals surface area contributed by atoms with Gasteiger partial charge < -0.3 is 15.2 Å². The fourth-order valence-electron chi connectivity index (χ4n) is 2.60. The number of ether oxygens (including phenoxy) is 1. The van der Waals surface area contributed by atoms with Crippen molar-refractivity contribution in [1.82, 2.24) is 5.32 Å². The van der Waals surface area contributed by atoms with Crippen LogP contribution in [-0.4, -0.2) is 30.6 Å². The lowest BCUT2D eigenvalue weighted by atomic mass is 9.82. The highest BCUT2D eigenvalue weighted by Crippen LogP contribution is 2.23.